The van der Waals surface area contributed by atoms with Crippen molar-refractivity contribution in [3.8, 4) is 0 Å². The van der Waals surface area contributed by atoms with Gasteiger partial charge in [0.2, 0.25) is 0 Å². The maximum atomic E-state index is 12.6. The number of thiocarbonyl (C=S) groups is 2. The third kappa shape index (κ3) is 3.92. The average molecular weight is 433 g/mol. The monoisotopic (exact) mass is 432 g/mol. The summed E-state index contributed by atoms with van der Waals surface area (Å²) in [6, 6.07) is 0. The number of carbonyl (C=O) groups is 4. The van der Waals surface area contributed by atoms with Crippen molar-refractivity contribution >= 4 is 80.4 Å². The molecule has 0 aromatic heterocycles. The van der Waals surface area contributed by atoms with Gasteiger partial charge in [-0.15, -0.1) is 0 Å². The predicted octanol–water partition coefficient (Wildman–Crippen LogP) is 0.799. The fraction of sp³-hybridized carbons (Fsp3) is 0.429. The van der Waals surface area contributed by atoms with Gasteiger partial charge in [0.25, 0.3) is 11.8 Å². The van der Waals surface area contributed by atoms with E-state index in [0.29, 0.717) is 0 Å². The van der Waals surface area contributed by atoms with E-state index in [1.165, 1.54) is 9.80 Å². The lowest BCUT2D eigenvalue weighted by Gasteiger charge is -2.15. The highest BCUT2D eigenvalue weighted by atomic mass is 32.2. The molecule has 0 N–H and O–H groups in total. The first-order valence-electron chi connectivity index (χ1n) is 7.51. The van der Waals surface area contributed by atoms with E-state index in [4.69, 9.17) is 33.9 Å². The van der Waals surface area contributed by atoms with Crippen molar-refractivity contribution in [2.45, 2.75) is 12.8 Å². The van der Waals surface area contributed by atoms with Gasteiger partial charge in [0.15, 0.2) is 0 Å². The number of hydrogen-bond acceptors (Lipinski definition) is 10. The second-order valence-corrected chi connectivity index (χ2v) is 8.54. The molecule has 0 spiro atoms. The molecule has 2 saturated heterocycles. The quantitative estimate of drug-likeness (QED) is 0.404. The van der Waals surface area contributed by atoms with Crippen LogP contribution in [0.1, 0.15) is 12.8 Å². The number of hydrogen-bond donors (Lipinski definition) is 0. The third-order valence-corrected chi connectivity index (χ3v) is 6.62. The van der Waals surface area contributed by atoms with Gasteiger partial charge in [0.05, 0.1) is 22.7 Å². The lowest BCUT2D eigenvalue weighted by Crippen LogP contribution is -2.33. The zero-order chi connectivity index (χ0) is 18.8. The highest BCUT2D eigenvalue weighted by Gasteiger charge is 2.42. The van der Waals surface area contributed by atoms with Gasteiger partial charge in [0.1, 0.15) is 21.9 Å². The van der Waals surface area contributed by atoms with Gasteiger partial charge in [-0.2, -0.15) is 0 Å². The van der Waals surface area contributed by atoms with Crippen molar-refractivity contribution in [1.29, 1.82) is 0 Å². The molecular formula is C14H12N2O6S4. The Morgan fingerprint density at radius 2 is 1.12 bits per heavy atom. The van der Waals surface area contributed by atoms with Gasteiger partial charge in [-0.1, -0.05) is 48.0 Å². The minimum absolute atomic E-state index is 0.0487. The summed E-state index contributed by atoms with van der Waals surface area (Å²) in [6.07, 6.45) is -0.122. The Hall–Kier alpha value is -1.50. The summed E-state index contributed by atoms with van der Waals surface area (Å²) in [4.78, 5) is 51.6. The van der Waals surface area contributed by atoms with E-state index < -0.39 is 23.8 Å². The van der Waals surface area contributed by atoms with Crippen molar-refractivity contribution in [2.75, 3.05) is 26.3 Å². The van der Waals surface area contributed by atoms with E-state index in [-0.39, 0.29) is 57.6 Å². The van der Waals surface area contributed by atoms with Crippen molar-refractivity contribution in [2.24, 2.45) is 0 Å². The van der Waals surface area contributed by atoms with Crippen LogP contribution in [0, 0.1) is 0 Å². The van der Waals surface area contributed by atoms with Crippen LogP contribution >= 0.6 is 48.0 Å². The number of esters is 2. The zero-order valence-electron chi connectivity index (χ0n) is 13.2. The molecule has 3 aliphatic rings. The molecule has 12 heteroatoms. The fourth-order valence-electron chi connectivity index (χ4n) is 2.32. The Kier molecular flexibility index (Phi) is 5.95. The molecular weight excluding hydrogens is 420 g/mol. The van der Waals surface area contributed by atoms with Gasteiger partial charge in [0, 0.05) is 13.1 Å². The van der Waals surface area contributed by atoms with Crippen molar-refractivity contribution in [1.82, 2.24) is 9.80 Å². The number of rotatable bonds is 0. The van der Waals surface area contributed by atoms with Crippen LogP contribution in [0.15, 0.2) is 9.81 Å². The predicted molar refractivity (Wildman–Crippen MR) is 102 cm³/mol. The van der Waals surface area contributed by atoms with Crippen LogP contribution in [0.2, 0.25) is 0 Å². The third-order valence-electron chi connectivity index (χ3n) is 3.59. The van der Waals surface area contributed by atoms with Crippen LogP contribution in [-0.4, -0.2) is 68.5 Å². The van der Waals surface area contributed by atoms with Gasteiger partial charge >= 0.3 is 11.9 Å². The number of carbonyl (C=O) groups excluding carboxylic acids is 4. The number of ether oxygens (including phenoxy) is 2. The van der Waals surface area contributed by atoms with Crippen LogP contribution in [0.3, 0.4) is 0 Å². The topological polar surface area (TPSA) is 93.2 Å². The van der Waals surface area contributed by atoms with E-state index >= 15 is 0 Å². The SMILES string of the molecule is O=C1CCN2C(=O)C(=C3SC(=S)N(CCC(=O)OCCO1)C3=O)SC2=S. The lowest BCUT2D eigenvalue weighted by molar-refractivity contribution is -0.152. The van der Waals surface area contributed by atoms with E-state index in [0.717, 1.165) is 23.5 Å². The summed E-state index contributed by atoms with van der Waals surface area (Å²) >= 11 is 12.4. The second-order valence-electron chi connectivity index (χ2n) is 5.25. The van der Waals surface area contributed by atoms with Gasteiger partial charge < -0.3 is 9.47 Å². The Labute approximate surface area is 167 Å². The first-order valence-corrected chi connectivity index (χ1v) is 9.96. The summed E-state index contributed by atoms with van der Waals surface area (Å²) < 4.78 is 10.4. The molecule has 2 amide bonds. The molecule has 0 radical (unpaired) electrons. The minimum Gasteiger partial charge on any atom is -0.462 e. The smallest absolute Gasteiger partial charge is 0.307 e. The average Bonchev–Trinajstić information content (AvgIpc) is 3.03. The Bertz CT molecular complexity index is 703. The van der Waals surface area contributed by atoms with E-state index in [2.05, 4.69) is 0 Å². The number of thioether (sulfide) groups is 2. The zero-order valence-corrected chi connectivity index (χ0v) is 16.5. The number of nitrogens with zero attached hydrogens (tertiary/aromatic N) is 2. The molecule has 2 fully saturated rings. The maximum Gasteiger partial charge on any atom is 0.307 e. The molecule has 0 aromatic carbocycles. The van der Waals surface area contributed by atoms with Gasteiger partial charge in [-0.25, -0.2) is 0 Å². The molecule has 3 aliphatic heterocycles. The minimum atomic E-state index is -0.534. The Morgan fingerprint density at radius 1 is 0.731 bits per heavy atom. The summed E-state index contributed by atoms with van der Waals surface area (Å²) in [5.41, 5.74) is 0. The molecule has 4 bridgehead atoms. The number of fused-ring (bicyclic) bond motifs is 4. The van der Waals surface area contributed by atoms with Crippen LogP contribution in [-0.2, 0) is 28.7 Å². The summed E-state index contributed by atoms with van der Waals surface area (Å²) in [5.74, 6) is -1.93. The van der Waals surface area contributed by atoms with Crippen molar-refractivity contribution in [3.05, 3.63) is 9.81 Å². The maximum absolute atomic E-state index is 12.6. The highest BCUT2D eigenvalue weighted by molar-refractivity contribution is 8.29. The van der Waals surface area contributed by atoms with E-state index in [9.17, 15) is 19.2 Å². The number of amides is 2. The normalized spacial score (nSPS) is 22.9. The van der Waals surface area contributed by atoms with Crippen LogP contribution in [0.5, 0.6) is 0 Å². The summed E-state index contributed by atoms with van der Waals surface area (Å²) in [5, 5.41) is 0. The van der Waals surface area contributed by atoms with Crippen molar-refractivity contribution < 1.29 is 28.7 Å². The molecule has 0 aromatic rings. The molecule has 0 atom stereocenters. The van der Waals surface area contributed by atoms with E-state index in [1.807, 2.05) is 0 Å². The van der Waals surface area contributed by atoms with Crippen LogP contribution < -0.4 is 0 Å². The molecule has 138 valence electrons. The summed E-state index contributed by atoms with van der Waals surface area (Å²) in [6.45, 7) is -0.0615. The highest BCUT2D eigenvalue weighted by Crippen LogP contribution is 2.42. The summed E-state index contributed by atoms with van der Waals surface area (Å²) in [7, 11) is 0. The lowest BCUT2D eigenvalue weighted by atomic mass is 10.3. The standard InChI is InChI=1S/C14H12N2O6S4/c17-7-1-3-15-11(19)9(25-13(15)23)10-12(20)16(14(24)26-10)4-2-8(18)22-6-5-21-7/h1-6H2. The van der Waals surface area contributed by atoms with Crippen molar-refractivity contribution in [3.63, 3.8) is 0 Å². The molecule has 3 rings (SSSR count). The van der Waals surface area contributed by atoms with E-state index in [1.54, 1.807) is 0 Å². The molecule has 26 heavy (non-hydrogen) atoms. The van der Waals surface area contributed by atoms with Crippen LogP contribution in [0.25, 0.3) is 0 Å². The van der Waals surface area contributed by atoms with Crippen LogP contribution in [0.4, 0.5) is 0 Å². The first-order chi connectivity index (χ1) is 12.4. The Balaban J connectivity index is 1.88. The molecule has 0 aliphatic carbocycles. The molecule has 3 heterocycles. The largest absolute Gasteiger partial charge is 0.462 e. The molecule has 8 nitrogen and oxygen atoms in total. The fourth-order valence-corrected chi connectivity index (χ4v) is 5.09. The first kappa shape index (κ1) is 19.3. The van der Waals surface area contributed by atoms with Gasteiger partial charge in [-0.05, 0) is 0 Å². The molecule has 0 saturated carbocycles. The van der Waals surface area contributed by atoms with Gasteiger partial charge in [-0.3, -0.25) is 29.0 Å². The number of cyclic esters (lactones) is 2. The Morgan fingerprint density at radius 3 is 1.50 bits per heavy atom. The second kappa shape index (κ2) is 8.03. The molecule has 0 unspecified atom stereocenters.